The minimum atomic E-state index is -0.0314. The van der Waals surface area contributed by atoms with Crippen molar-refractivity contribution in [2.75, 3.05) is 25.0 Å². The largest absolute Gasteiger partial charge is 1.00 e. The van der Waals surface area contributed by atoms with E-state index in [1.807, 2.05) is 38.1 Å². The molecule has 1 saturated heterocycles. The van der Waals surface area contributed by atoms with Gasteiger partial charge in [-0.05, 0) is 50.7 Å². The fourth-order valence-electron chi connectivity index (χ4n) is 5.74. The molecule has 184 valence electrons. The van der Waals surface area contributed by atoms with Gasteiger partial charge in [0.1, 0.15) is 6.54 Å². The highest BCUT2D eigenvalue weighted by atomic mass is 79.9. The first kappa shape index (κ1) is 26.4. The number of anilines is 1. The molecule has 0 radical (unpaired) electrons. The van der Waals surface area contributed by atoms with Gasteiger partial charge in [-0.2, -0.15) is 0 Å². The second-order valence-electron chi connectivity index (χ2n) is 10.2. The molecule has 1 aliphatic heterocycles. The van der Waals surface area contributed by atoms with Gasteiger partial charge in [-0.15, -0.1) is 0 Å². The Labute approximate surface area is 214 Å². The molecule has 34 heavy (non-hydrogen) atoms. The van der Waals surface area contributed by atoms with Crippen molar-refractivity contribution in [2.45, 2.75) is 65.0 Å². The van der Waals surface area contributed by atoms with Crippen LogP contribution in [0, 0.1) is 19.8 Å². The number of nitrogens with zero attached hydrogens (tertiary/aromatic N) is 1. The predicted octanol–water partition coefficient (Wildman–Crippen LogP) is 1.73. The zero-order valence-corrected chi connectivity index (χ0v) is 22.1. The molecule has 2 aliphatic rings. The number of aryl methyl sites for hydroxylation is 2. The summed E-state index contributed by atoms with van der Waals surface area (Å²) in [5, 5.41) is 6.49. The maximum atomic E-state index is 13.3. The Balaban J connectivity index is 0.00000324. The monoisotopic (exact) mass is 527 g/mol. The zero-order chi connectivity index (χ0) is 23.3. The Morgan fingerprint density at radius 3 is 2.26 bits per heavy atom. The average Bonchev–Trinajstić information content (AvgIpc) is 3.30. The maximum absolute atomic E-state index is 13.3. The van der Waals surface area contributed by atoms with Crippen molar-refractivity contribution >= 4 is 17.5 Å². The van der Waals surface area contributed by atoms with E-state index in [1.165, 1.54) is 18.4 Å². The molecule has 2 aromatic rings. The number of piperidine rings is 1. The summed E-state index contributed by atoms with van der Waals surface area (Å²) < 4.78 is 0.629. The van der Waals surface area contributed by atoms with Crippen LogP contribution < -0.4 is 27.6 Å². The highest BCUT2D eigenvalue weighted by Gasteiger charge is 2.40. The van der Waals surface area contributed by atoms with E-state index in [1.54, 1.807) is 0 Å². The van der Waals surface area contributed by atoms with Crippen molar-refractivity contribution in [3.8, 4) is 0 Å². The van der Waals surface area contributed by atoms with Crippen LogP contribution in [-0.4, -0.2) is 42.0 Å². The fraction of sp³-hybridized carbons (Fsp3) is 0.500. The number of benzene rings is 2. The molecule has 2 atom stereocenters. The van der Waals surface area contributed by atoms with Crippen LogP contribution >= 0.6 is 0 Å². The standard InChI is InChI=1S/C28H37N3O2.BrH/c1-21-10-8-11-22(2)27(21)30-26(32)20-31(18-23-12-4-3-5-13-23)17-9-14-24(19-31)28(33)29-25-15-6-7-16-25;/h3-5,8,10-13,24-25H,6-7,9,14-20H2,1-2H3,(H-,29,30,32,33);1H. The summed E-state index contributed by atoms with van der Waals surface area (Å²) in [5.74, 6) is 0.184. The molecule has 2 N–H and O–H groups in total. The van der Waals surface area contributed by atoms with Gasteiger partial charge in [0.2, 0.25) is 5.91 Å². The molecular formula is C28H38BrN3O2. The van der Waals surface area contributed by atoms with Crippen LogP contribution in [0.25, 0.3) is 0 Å². The molecule has 0 aromatic heterocycles. The lowest BCUT2D eigenvalue weighted by atomic mass is 9.93. The number of hydrogen-bond acceptors (Lipinski definition) is 2. The summed E-state index contributed by atoms with van der Waals surface area (Å²) in [6.45, 7) is 6.85. The zero-order valence-electron chi connectivity index (χ0n) is 20.5. The highest BCUT2D eigenvalue weighted by molar-refractivity contribution is 5.93. The average molecular weight is 529 g/mol. The molecule has 2 amide bonds. The Hall–Kier alpha value is -2.18. The second kappa shape index (κ2) is 12.0. The van der Waals surface area contributed by atoms with Crippen molar-refractivity contribution in [1.29, 1.82) is 0 Å². The van der Waals surface area contributed by atoms with Crippen molar-refractivity contribution < 1.29 is 31.1 Å². The third-order valence-corrected chi connectivity index (χ3v) is 7.45. The molecule has 5 nitrogen and oxygen atoms in total. The van der Waals surface area contributed by atoms with Crippen LogP contribution in [0.5, 0.6) is 0 Å². The van der Waals surface area contributed by atoms with Crippen molar-refractivity contribution in [2.24, 2.45) is 5.92 Å². The minimum Gasteiger partial charge on any atom is -1.00 e. The number of para-hydroxylation sites is 1. The molecule has 1 saturated carbocycles. The quantitative estimate of drug-likeness (QED) is 0.538. The van der Waals surface area contributed by atoms with Crippen LogP contribution in [0.2, 0.25) is 0 Å². The summed E-state index contributed by atoms with van der Waals surface area (Å²) >= 11 is 0. The van der Waals surface area contributed by atoms with Crippen LogP contribution in [-0.2, 0) is 16.1 Å². The van der Waals surface area contributed by atoms with Crippen molar-refractivity contribution in [1.82, 2.24) is 5.32 Å². The highest BCUT2D eigenvalue weighted by Crippen LogP contribution is 2.28. The third-order valence-electron chi connectivity index (χ3n) is 7.45. The van der Waals surface area contributed by atoms with E-state index in [0.717, 1.165) is 55.6 Å². The van der Waals surface area contributed by atoms with Crippen molar-refractivity contribution in [3.63, 3.8) is 0 Å². The summed E-state index contributed by atoms with van der Waals surface area (Å²) in [7, 11) is 0. The van der Waals surface area contributed by atoms with Crippen LogP contribution in [0.3, 0.4) is 0 Å². The summed E-state index contributed by atoms with van der Waals surface area (Å²) in [6, 6.07) is 16.8. The SMILES string of the molecule is Cc1cccc(C)c1NC(=O)C[N+]1(Cc2ccccc2)CCCC(C(=O)NC2CCCC2)C1.[Br-]. The number of rotatable bonds is 7. The van der Waals surface area contributed by atoms with E-state index < -0.39 is 0 Å². The van der Waals surface area contributed by atoms with Gasteiger partial charge in [0.15, 0.2) is 6.54 Å². The summed E-state index contributed by atoms with van der Waals surface area (Å²) in [6.07, 6.45) is 6.49. The molecule has 0 spiro atoms. The lowest BCUT2D eigenvalue weighted by Gasteiger charge is -2.43. The number of likely N-dealkylation sites (tertiary alicyclic amines) is 1. The number of quaternary nitrogens is 1. The molecule has 2 aromatic carbocycles. The Morgan fingerprint density at radius 1 is 0.912 bits per heavy atom. The van der Waals surface area contributed by atoms with Crippen LogP contribution in [0.4, 0.5) is 5.69 Å². The van der Waals surface area contributed by atoms with E-state index in [4.69, 9.17) is 0 Å². The van der Waals surface area contributed by atoms with E-state index in [0.29, 0.717) is 23.6 Å². The first-order valence-corrected chi connectivity index (χ1v) is 12.5. The van der Waals surface area contributed by atoms with Gasteiger partial charge >= 0.3 is 0 Å². The molecule has 4 rings (SSSR count). The van der Waals surface area contributed by atoms with Crippen LogP contribution in [0.15, 0.2) is 48.5 Å². The number of hydrogen-bond donors (Lipinski definition) is 2. The van der Waals surface area contributed by atoms with E-state index in [2.05, 4.69) is 34.9 Å². The lowest BCUT2D eigenvalue weighted by Crippen LogP contribution is -3.00. The Kier molecular flexibility index (Phi) is 9.31. The van der Waals surface area contributed by atoms with E-state index in [9.17, 15) is 9.59 Å². The Morgan fingerprint density at radius 2 is 1.59 bits per heavy atom. The number of nitrogens with one attached hydrogen (secondary N) is 2. The third kappa shape index (κ3) is 6.70. The predicted molar refractivity (Wildman–Crippen MR) is 133 cm³/mol. The van der Waals surface area contributed by atoms with Gasteiger partial charge in [-0.25, -0.2) is 0 Å². The smallest absolute Gasteiger partial charge is 0.279 e. The van der Waals surface area contributed by atoms with Gasteiger partial charge in [0.05, 0.1) is 19.0 Å². The van der Waals surface area contributed by atoms with E-state index >= 15 is 0 Å². The van der Waals surface area contributed by atoms with Gasteiger partial charge < -0.3 is 32.1 Å². The van der Waals surface area contributed by atoms with Gasteiger partial charge in [0.25, 0.3) is 5.91 Å². The molecular weight excluding hydrogens is 490 g/mol. The maximum Gasteiger partial charge on any atom is 0.279 e. The molecule has 6 heteroatoms. The first-order chi connectivity index (χ1) is 15.9. The summed E-state index contributed by atoms with van der Waals surface area (Å²) in [4.78, 5) is 26.4. The molecule has 1 heterocycles. The second-order valence-corrected chi connectivity index (χ2v) is 10.2. The molecule has 2 unspecified atom stereocenters. The first-order valence-electron chi connectivity index (χ1n) is 12.5. The number of carbonyl (C=O) groups excluding carboxylic acids is 2. The van der Waals surface area contributed by atoms with Crippen LogP contribution in [0.1, 0.15) is 55.2 Å². The molecule has 2 fully saturated rings. The number of halogens is 1. The van der Waals surface area contributed by atoms with E-state index in [-0.39, 0.29) is 34.7 Å². The minimum absolute atomic E-state index is 0. The molecule has 1 aliphatic carbocycles. The number of carbonyl (C=O) groups is 2. The number of amides is 2. The van der Waals surface area contributed by atoms with Gasteiger partial charge in [0, 0.05) is 17.3 Å². The molecule has 0 bridgehead atoms. The van der Waals surface area contributed by atoms with Crippen molar-refractivity contribution in [3.05, 3.63) is 65.2 Å². The summed E-state index contributed by atoms with van der Waals surface area (Å²) in [5.41, 5.74) is 4.28. The van der Waals surface area contributed by atoms with Gasteiger partial charge in [-0.1, -0.05) is 61.4 Å². The topological polar surface area (TPSA) is 58.2 Å². The van der Waals surface area contributed by atoms with Gasteiger partial charge in [-0.3, -0.25) is 9.59 Å². The fourth-order valence-corrected chi connectivity index (χ4v) is 5.74. The lowest BCUT2D eigenvalue weighted by molar-refractivity contribution is -0.940. The Bertz CT molecular complexity index is 955. The normalized spacial score (nSPS) is 22.6.